The molecule has 4 heterocycles. The molecule has 0 aliphatic carbocycles. The third kappa shape index (κ3) is 16.2. The number of aryl methyl sites for hydroxylation is 4. The number of rotatable bonds is 0. The quantitative estimate of drug-likeness (QED) is 0.193. The molecule has 0 aromatic carbocycles. The molecule has 0 fully saturated rings. The van der Waals surface area contributed by atoms with Crippen LogP contribution in [0.3, 0.4) is 0 Å². The highest BCUT2D eigenvalue weighted by atomic mass is 15.2. The molecule has 0 saturated carbocycles. The molecule has 10 heteroatoms. The molecule has 10 nitrogen and oxygen atoms in total. The third-order valence-corrected chi connectivity index (χ3v) is 5.99. The molecule has 45 heavy (non-hydrogen) atoms. The van der Waals surface area contributed by atoms with E-state index in [0.717, 1.165) is 34.4 Å². The zero-order chi connectivity index (χ0) is 33.9. The predicted octanol–water partition coefficient (Wildman–Crippen LogP) is 7.76. The summed E-state index contributed by atoms with van der Waals surface area (Å²) in [6, 6.07) is 4.15. The Balaban J connectivity index is 0.000000569. The molecular formula is C35H58N10. The largest absolute Gasteiger partial charge is 0.234 e. The van der Waals surface area contributed by atoms with Gasteiger partial charge in [-0.05, 0) is 56.4 Å². The second kappa shape index (κ2) is 17.0. The lowest BCUT2D eigenvalue weighted by Crippen LogP contribution is -2.17. The van der Waals surface area contributed by atoms with Gasteiger partial charge in [0, 0.05) is 16.2 Å². The fourth-order valence-corrected chi connectivity index (χ4v) is 3.17. The van der Waals surface area contributed by atoms with Crippen molar-refractivity contribution < 1.29 is 0 Å². The monoisotopic (exact) mass is 618 g/mol. The van der Waals surface area contributed by atoms with Crippen LogP contribution in [-0.4, -0.2) is 50.8 Å². The van der Waals surface area contributed by atoms with Crippen molar-refractivity contribution in [2.75, 3.05) is 0 Å². The van der Waals surface area contributed by atoms with Crippen LogP contribution in [0.15, 0.2) is 36.9 Å². The summed E-state index contributed by atoms with van der Waals surface area (Å²) in [4.78, 5) is 8.54. The molecule has 0 spiro atoms. The summed E-state index contributed by atoms with van der Waals surface area (Å²) in [5.41, 5.74) is 6.72. The van der Waals surface area contributed by atoms with Gasteiger partial charge < -0.3 is 0 Å². The maximum atomic E-state index is 4.27. The van der Waals surface area contributed by atoms with Gasteiger partial charge in [-0.3, -0.25) is 0 Å². The van der Waals surface area contributed by atoms with E-state index in [4.69, 9.17) is 0 Å². The average Bonchev–Trinajstić information content (AvgIpc) is 2.88. The summed E-state index contributed by atoms with van der Waals surface area (Å²) >= 11 is 0. The number of nitrogens with zero attached hydrogens (tertiary/aromatic N) is 10. The van der Waals surface area contributed by atoms with Crippen LogP contribution in [0.2, 0.25) is 0 Å². The molecule has 4 rings (SSSR count). The van der Waals surface area contributed by atoms with Crippen molar-refractivity contribution in [3.63, 3.8) is 0 Å². The molecule has 4 aromatic rings. The van der Waals surface area contributed by atoms with E-state index in [1.165, 1.54) is 11.1 Å². The second-order valence-corrected chi connectivity index (χ2v) is 15.0. The molecule has 248 valence electrons. The first-order valence-corrected chi connectivity index (χ1v) is 14.9. The van der Waals surface area contributed by atoms with Crippen molar-refractivity contribution in [3.05, 3.63) is 82.5 Å². The Morgan fingerprint density at radius 1 is 0.444 bits per heavy atom. The standard InChI is InChI=1S/2C9H14N2.2C8H13N3.CH4/c1-7-5-8(6-10-11-7)9(2,3)4;1-7-5-8(9(2,3)4)11-10-6-7;1-6-10-7(5-9-11-6)8(2,3)4;1-6-5-9-11-7(10-6)8(2,3)4;/h2*5-6H,1-4H3;2*5H,1-4H3;1H4. The van der Waals surface area contributed by atoms with E-state index in [1.807, 2.05) is 33.9 Å². The minimum atomic E-state index is -0.000972. The predicted molar refractivity (Wildman–Crippen MR) is 184 cm³/mol. The molecule has 0 aliphatic heterocycles. The van der Waals surface area contributed by atoms with Gasteiger partial charge in [0.2, 0.25) is 0 Å². The molecule has 0 aliphatic rings. The van der Waals surface area contributed by atoms with Gasteiger partial charge in [-0.1, -0.05) is 90.5 Å². The zero-order valence-electron chi connectivity index (χ0n) is 29.9. The Labute approximate surface area is 272 Å². The molecule has 0 amide bonds. The second-order valence-electron chi connectivity index (χ2n) is 15.0. The highest BCUT2D eigenvalue weighted by Crippen LogP contribution is 2.21. The molecule has 0 saturated heterocycles. The van der Waals surface area contributed by atoms with Crippen LogP contribution in [0, 0.1) is 27.7 Å². The van der Waals surface area contributed by atoms with Crippen LogP contribution in [0.4, 0.5) is 0 Å². The number of hydrogen-bond donors (Lipinski definition) is 0. The van der Waals surface area contributed by atoms with Crippen molar-refractivity contribution in [2.45, 2.75) is 140 Å². The summed E-state index contributed by atoms with van der Waals surface area (Å²) < 4.78 is 0. The van der Waals surface area contributed by atoms with Crippen molar-refractivity contribution in [1.82, 2.24) is 50.8 Å². The summed E-state index contributed by atoms with van der Waals surface area (Å²) in [6.07, 6.45) is 6.98. The molecular weight excluding hydrogens is 560 g/mol. The zero-order valence-corrected chi connectivity index (χ0v) is 29.9. The molecule has 4 aromatic heterocycles. The van der Waals surface area contributed by atoms with Crippen LogP contribution in [0.25, 0.3) is 0 Å². The van der Waals surface area contributed by atoms with Gasteiger partial charge >= 0.3 is 0 Å². The normalized spacial score (nSPS) is 11.4. The van der Waals surface area contributed by atoms with Crippen LogP contribution in [-0.2, 0) is 21.7 Å². The van der Waals surface area contributed by atoms with Crippen LogP contribution >= 0.6 is 0 Å². The Morgan fingerprint density at radius 3 is 1.33 bits per heavy atom. The van der Waals surface area contributed by atoms with Gasteiger partial charge in [0.25, 0.3) is 0 Å². The maximum absolute atomic E-state index is 4.27. The average molecular weight is 619 g/mol. The first-order chi connectivity index (χ1) is 20.0. The lowest BCUT2D eigenvalue weighted by Gasteiger charge is -2.17. The Bertz CT molecular complexity index is 1220. The third-order valence-electron chi connectivity index (χ3n) is 5.99. The van der Waals surface area contributed by atoms with Crippen molar-refractivity contribution >= 4 is 0 Å². The van der Waals surface area contributed by atoms with Gasteiger partial charge in [-0.2, -0.15) is 30.6 Å². The van der Waals surface area contributed by atoms with Gasteiger partial charge in [0.15, 0.2) is 5.82 Å². The van der Waals surface area contributed by atoms with Crippen molar-refractivity contribution in [3.8, 4) is 0 Å². The molecule has 0 N–H and O–H groups in total. The fourth-order valence-electron chi connectivity index (χ4n) is 3.17. The van der Waals surface area contributed by atoms with Gasteiger partial charge in [-0.15, -0.1) is 10.2 Å². The maximum Gasteiger partial charge on any atom is 0.156 e. The number of hydrogen-bond acceptors (Lipinski definition) is 10. The van der Waals surface area contributed by atoms with Crippen LogP contribution in [0.5, 0.6) is 0 Å². The van der Waals surface area contributed by atoms with Crippen LogP contribution in [0.1, 0.15) is 136 Å². The van der Waals surface area contributed by atoms with E-state index < -0.39 is 0 Å². The Morgan fingerprint density at radius 2 is 0.978 bits per heavy atom. The smallest absolute Gasteiger partial charge is 0.156 e. The first-order valence-electron chi connectivity index (χ1n) is 14.9. The van der Waals surface area contributed by atoms with Crippen LogP contribution < -0.4 is 0 Å². The molecule has 0 bridgehead atoms. The summed E-state index contributed by atoms with van der Waals surface area (Å²) in [7, 11) is 0. The lowest BCUT2D eigenvalue weighted by molar-refractivity contribution is 0.530. The van der Waals surface area contributed by atoms with E-state index in [9.17, 15) is 0 Å². The molecule has 0 radical (unpaired) electrons. The minimum Gasteiger partial charge on any atom is -0.234 e. The fraction of sp³-hybridized carbons (Fsp3) is 0.600. The summed E-state index contributed by atoms with van der Waals surface area (Å²) in [5.74, 6) is 1.54. The highest BCUT2D eigenvalue weighted by Gasteiger charge is 2.18. The Hall–Kier alpha value is -3.82. The van der Waals surface area contributed by atoms with Gasteiger partial charge in [-0.25, -0.2) is 9.97 Å². The summed E-state index contributed by atoms with van der Waals surface area (Å²) in [5, 5.41) is 31.2. The van der Waals surface area contributed by atoms with Gasteiger partial charge in [0.1, 0.15) is 5.82 Å². The van der Waals surface area contributed by atoms with E-state index in [0.29, 0.717) is 0 Å². The van der Waals surface area contributed by atoms with E-state index in [-0.39, 0.29) is 29.1 Å². The number of aromatic nitrogens is 10. The SMILES string of the molecule is C.Cc1cc(C(C)(C)C)cnn1.Cc1cnnc(C(C)(C)C)c1.Cc1cnnc(C(C)(C)C)n1.Cc1nncc(C(C)(C)C)n1. The summed E-state index contributed by atoms with van der Waals surface area (Å²) in [6.45, 7) is 33.2. The highest BCUT2D eigenvalue weighted by molar-refractivity contribution is 5.19. The lowest BCUT2D eigenvalue weighted by atomic mass is 9.88. The molecule has 0 atom stereocenters. The van der Waals surface area contributed by atoms with Crippen molar-refractivity contribution in [1.29, 1.82) is 0 Å². The topological polar surface area (TPSA) is 129 Å². The van der Waals surface area contributed by atoms with Gasteiger partial charge in [0.05, 0.1) is 47.6 Å². The first kappa shape index (κ1) is 41.2. The van der Waals surface area contributed by atoms with Crippen molar-refractivity contribution in [2.24, 2.45) is 0 Å². The van der Waals surface area contributed by atoms with E-state index in [2.05, 4.69) is 146 Å². The minimum absolute atomic E-state index is 0. The van der Waals surface area contributed by atoms with E-state index >= 15 is 0 Å². The molecule has 0 unspecified atom stereocenters. The Kier molecular flexibility index (Phi) is 15.6. The van der Waals surface area contributed by atoms with E-state index in [1.54, 1.807) is 18.6 Å².